The molecule has 2 heterocycles. The molecule has 0 aromatic heterocycles. The Morgan fingerprint density at radius 2 is 1.62 bits per heavy atom. The number of nitrogens with zero attached hydrogens (tertiary/aromatic N) is 1. The summed E-state index contributed by atoms with van der Waals surface area (Å²) in [5.41, 5.74) is 1.38. The van der Waals surface area contributed by atoms with E-state index in [0.717, 1.165) is 58.4 Å². The second-order valence-corrected chi connectivity index (χ2v) is 8.22. The Hall–Kier alpha value is -1.72. The van der Waals surface area contributed by atoms with Gasteiger partial charge < -0.3 is 9.80 Å². The molecule has 1 aromatic rings. The van der Waals surface area contributed by atoms with Crippen LogP contribution in [0.4, 0.5) is 0 Å². The van der Waals surface area contributed by atoms with Crippen molar-refractivity contribution in [1.29, 1.82) is 0 Å². The number of rotatable bonds is 4. The average molecular weight is 357 g/mol. The van der Waals surface area contributed by atoms with E-state index in [0.29, 0.717) is 6.42 Å². The molecule has 2 saturated heterocycles. The molecule has 1 saturated carbocycles. The molecule has 140 valence electrons. The molecule has 0 spiro atoms. The summed E-state index contributed by atoms with van der Waals surface area (Å²) in [6.07, 6.45) is 6.00. The first-order valence-corrected chi connectivity index (χ1v) is 10.3. The Morgan fingerprint density at radius 1 is 0.923 bits per heavy atom. The van der Waals surface area contributed by atoms with Crippen LogP contribution in [-0.4, -0.2) is 55.0 Å². The van der Waals surface area contributed by atoms with E-state index in [2.05, 4.69) is 30.3 Å². The van der Waals surface area contributed by atoms with Crippen molar-refractivity contribution < 1.29 is 19.4 Å². The number of carbonyl (C=O) groups excluding carboxylic acids is 2. The van der Waals surface area contributed by atoms with Gasteiger partial charge in [0.25, 0.3) is 5.91 Å². The smallest absolute Gasteiger partial charge is 0.288 e. The zero-order valence-electron chi connectivity index (χ0n) is 15.6. The van der Waals surface area contributed by atoms with Gasteiger partial charge in [-0.05, 0) is 12.8 Å². The lowest BCUT2D eigenvalue weighted by atomic mass is 9.94. The molecule has 5 heteroatoms. The lowest BCUT2D eigenvalue weighted by Gasteiger charge is -2.33. The number of nitrogens with one attached hydrogen (secondary N) is 2. The lowest BCUT2D eigenvalue weighted by Crippen LogP contribution is -3.29. The lowest BCUT2D eigenvalue weighted by molar-refractivity contribution is -1.02. The van der Waals surface area contributed by atoms with Gasteiger partial charge in [-0.3, -0.25) is 14.5 Å². The fourth-order valence-electron chi connectivity index (χ4n) is 5.03. The van der Waals surface area contributed by atoms with Crippen molar-refractivity contribution in [3.05, 3.63) is 35.9 Å². The molecular formula is C21H31N3O2+2. The molecule has 3 fully saturated rings. The third-order valence-corrected chi connectivity index (χ3v) is 6.51. The van der Waals surface area contributed by atoms with E-state index in [4.69, 9.17) is 0 Å². The molecule has 5 nitrogen and oxygen atoms in total. The molecule has 1 aliphatic carbocycles. The predicted molar refractivity (Wildman–Crippen MR) is 98.7 cm³/mol. The van der Waals surface area contributed by atoms with Gasteiger partial charge in [-0.2, -0.15) is 0 Å². The predicted octanol–water partition coefficient (Wildman–Crippen LogP) is -0.570. The van der Waals surface area contributed by atoms with E-state index in [9.17, 15) is 9.59 Å². The fraction of sp³-hybridized carbons (Fsp3) is 0.619. The summed E-state index contributed by atoms with van der Waals surface area (Å²) >= 11 is 0. The maximum atomic E-state index is 13.0. The number of piperazine rings is 1. The molecule has 26 heavy (non-hydrogen) atoms. The highest BCUT2D eigenvalue weighted by molar-refractivity contribution is 6.05. The first-order valence-electron chi connectivity index (χ1n) is 10.3. The van der Waals surface area contributed by atoms with E-state index in [-0.39, 0.29) is 23.9 Å². The van der Waals surface area contributed by atoms with Crippen LogP contribution in [0, 0.1) is 0 Å². The van der Waals surface area contributed by atoms with Gasteiger partial charge in [0.15, 0.2) is 6.04 Å². The van der Waals surface area contributed by atoms with Crippen LogP contribution in [0.15, 0.2) is 30.3 Å². The van der Waals surface area contributed by atoms with E-state index in [1.54, 1.807) is 9.80 Å². The van der Waals surface area contributed by atoms with Gasteiger partial charge in [0.05, 0.1) is 6.42 Å². The molecular weight excluding hydrogens is 326 g/mol. The zero-order valence-corrected chi connectivity index (χ0v) is 15.6. The summed E-state index contributed by atoms with van der Waals surface area (Å²) in [4.78, 5) is 30.1. The molecule has 0 unspecified atom stereocenters. The van der Waals surface area contributed by atoms with Crippen molar-refractivity contribution in [2.75, 3.05) is 26.2 Å². The molecule has 2 amide bonds. The van der Waals surface area contributed by atoms with Gasteiger partial charge >= 0.3 is 0 Å². The second-order valence-electron chi connectivity index (χ2n) is 8.22. The van der Waals surface area contributed by atoms with Gasteiger partial charge in [0.2, 0.25) is 5.91 Å². The van der Waals surface area contributed by atoms with Crippen molar-refractivity contribution in [3.63, 3.8) is 0 Å². The average Bonchev–Trinajstić information content (AvgIpc) is 2.98. The van der Waals surface area contributed by atoms with Gasteiger partial charge in [0.1, 0.15) is 32.7 Å². The van der Waals surface area contributed by atoms with Crippen LogP contribution < -0.4 is 9.80 Å². The van der Waals surface area contributed by atoms with E-state index < -0.39 is 0 Å². The number of imide groups is 1. The van der Waals surface area contributed by atoms with Crippen LogP contribution in [0.1, 0.15) is 44.1 Å². The van der Waals surface area contributed by atoms with Gasteiger partial charge in [-0.25, -0.2) is 0 Å². The Morgan fingerprint density at radius 3 is 2.31 bits per heavy atom. The van der Waals surface area contributed by atoms with E-state index in [1.165, 1.54) is 16.9 Å². The van der Waals surface area contributed by atoms with Crippen molar-refractivity contribution in [2.24, 2.45) is 0 Å². The first-order chi connectivity index (χ1) is 12.7. The summed E-state index contributed by atoms with van der Waals surface area (Å²) in [5, 5.41) is 0. The Kier molecular flexibility index (Phi) is 5.36. The van der Waals surface area contributed by atoms with Gasteiger partial charge in [-0.15, -0.1) is 0 Å². The molecule has 4 rings (SSSR count). The summed E-state index contributed by atoms with van der Waals surface area (Å²) in [6.45, 7) is 5.19. The van der Waals surface area contributed by atoms with Crippen LogP contribution in [0.3, 0.4) is 0 Å². The minimum atomic E-state index is -0.122. The number of hydrogen-bond donors (Lipinski definition) is 2. The largest absolute Gasteiger partial charge is 0.322 e. The van der Waals surface area contributed by atoms with Crippen LogP contribution in [0.25, 0.3) is 0 Å². The second kappa shape index (κ2) is 7.89. The summed E-state index contributed by atoms with van der Waals surface area (Å²) in [7, 11) is 0. The highest BCUT2D eigenvalue weighted by Gasteiger charge is 2.48. The number of hydrogen-bond acceptors (Lipinski definition) is 2. The Balaban J connectivity index is 1.33. The van der Waals surface area contributed by atoms with E-state index in [1.807, 2.05) is 0 Å². The SMILES string of the molecule is O=C1C[C@@H]([NH+]2CC[NH+](Cc3ccccc3)CC2)C(=O)N1C1CCCCC1. The Labute approximate surface area is 155 Å². The molecule has 0 radical (unpaired) electrons. The molecule has 1 aromatic carbocycles. The third kappa shape index (κ3) is 3.69. The van der Waals surface area contributed by atoms with Crippen LogP contribution in [-0.2, 0) is 16.1 Å². The number of benzene rings is 1. The normalized spacial score (nSPS) is 30.8. The molecule has 0 bridgehead atoms. The minimum Gasteiger partial charge on any atom is -0.322 e. The number of carbonyl (C=O) groups is 2. The molecule has 3 aliphatic rings. The summed E-state index contributed by atoms with van der Waals surface area (Å²) in [5.74, 6) is 0.196. The first kappa shape index (κ1) is 17.7. The van der Waals surface area contributed by atoms with Crippen molar-refractivity contribution in [3.8, 4) is 0 Å². The number of quaternary nitrogens is 2. The zero-order chi connectivity index (χ0) is 17.9. The standard InChI is InChI=1S/C21H29N3O2/c25-20-15-19(21(26)24(20)18-9-5-2-6-10-18)23-13-11-22(12-14-23)16-17-7-3-1-4-8-17/h1,3-4,7-8,18-19H,2,5-6,9-16H2/p+2/t19-/m1/s1. The van der Waals surface area contributed by atoms with Crippen LogP contribution >= 0.6 is 0 Å². The summed E-state index contributed by atoms with van der Waals surface area (Å²) in [6, 6.07) is 10.7. The van der Waals surface area contributed by atoms with Crippen molar-refractivity contribution in [2.45, 2.75) is 57.2 Å². The summed E-state index contributed by atoms with van der Waals surface area (Å²) < 4.78 is 0. The fourth-order valence-corrected chi connectivity index (χ4v) is 5.03. The molecule has 2 N–H and O–H groups in total. The van der Waals surface area contributed by atoms with Crippen LogP contribution in [0.2, 0.25) is 0 Å². The quantitative estimate of drug-likeness (QED) is 0.709. The number of likely N-dealkylation sites (tertiary alicyclic amines) is 1. The van der Waals surface area contributed by atoms with E-state index >= 15 is 0 Å². The van der Waals surface area contributed by atoms with Gasteiger partial charge in [-0.1, -0.05) is 49.6 Å². The van der Waals surface area contributed by atoms with Crippen molar-refractivity contribution >= 4 is 11.8 Å². The van der Waals surface area contributed by atoms with Crippen molar-refractivity contribution in [1.82, 2.24) is 4.90 Å². The number of amides is 2. The van der Waals surface area contributed by atoms with Crippen LogP contribution in [0.5, 0.6) is 0 Å². The monoisotopic (exact) mass is 357 g/mol. The van der Waals surface area contributed by atoms with Gasteiger partial charge in [0, 0.05) is 11.6 Å². The maximum absolute atomic E-state index is 13.0. The molecule has 1 atom stereocenters. The Bertz CT molecular complexity index is 634. The molecule has 2 aliphatic heterocycles. The maximum Gasteiger partial charge on any atom is 0.288 e. The highest BCUT2D eigenvalue weighted by atomic mass is 16.2. The topological polar surface area (TPSA) is 46.3 Å². The third-order valence-electron chi connectivity index (χ3n) is 6.51. The minimum absolute atomic E-state index is 0.0819. The highest BCUT2D eigenvalue weighted by Crippen LogP contribution is 2.26.